The highest BCUT2D eigenvalue weighted by molar-refractivity contribution is 9.10. The first-order valence-corrected chi connectivity index (χ1v) is 8.06. The lowest BCUT2D eigenvalue weighted by Crippen LogP contribution is -2.22. The average molecular weight is 350 g/mol. The highest BCUT2D eigenvalue weighted by atomic mass is 79.9. The van der Waals surface area contributed by atoms with Gasteiger partial charge in [-0.25, -0.2) is 0 Å². The Bertz CT molecular complexity index is 648. The van der Waals surface area contributed by atoms with Crippen molar-refractivity contribution in [2.75, 3.05) is 13.2 Å². The molecule has 0 bridgehead atoms. The molecule has 1 aromatic carbocycles. The molecule has 2 heterocycles. The van der Waals surface area contributed by atoms with Crippen LogP contribution in [0.5, 0.6) is 5.75 Å². The van der Waals surface area contributed by atoms with Gasteiger partial charge in [-0.15, -0.1) is 0 Å². The Hall–Kier alpha value is -1.26. The summed E-state index contributed by atoms with van der Waals surface area (Å²) in [5.74, 6) is 1.92. The van der Waals surface area contributed by atoms with Gasteiger partial charge in [0.25, 0.3) is 0 Å². The molecule has 3 rings (SSSR count). The van der Waals surface area contributed by atoms with Crippen molar-refractivity contribution in [2.24, 2.45) is 0 Å². The van der Waals surface area contributed by atoms with Gasteiger partial charge in [0.2, 0.25) is 0 Å². The van der Waals surface area contributed by atoms with E-state index in [1.807, 2.05) is 12.1 Å². The van der Waals surface area contributed by atoms with Gasteiger partial charge in [-0.2, -0.15) is 0 Å². The highest BCUT2D eigenvalue weighted by Crippen LogP contribution is 2.40. The van der Waals surface area contributed by atoms with Gasteiger partial charge in [0.05, 0.1) is 12.6 Å². The molecule has 1 aliphatic heterocycles. The van der Waals surface area contributed by atoms with Crippen LogP contribution >= 0.6 is 15.9 Å². The van der Waals surface area contributed by atoms with E-state index in [1.165, 1.54) is 11.1 Å². The maximum absolute atomic E-state index is 5.77. The fourth-order valence-corrected chi connectivity index (χ4v) is 3.11. The number of halogens is 1. The molecule has 112 valence electrons. The first-order valence-electron chi connectivity index (χ1n) is 7.27. The molecule has 3 nitrogen and oxygen atoms in total. The van der Waals surface area contributed by atoms with Crippen LogP contribution in [0.2, 0.25) is 0 Å². The summed E-state index contributed by atoms with van der Waals surface area (Å²) in [6.07, 6.45) is 0. The first kappa shape index (κ1) is 14.7. The van der Waals surface area contributed by atoms with E-state index in [9.17, 15) is 0 Å². The Morgan fingerprint density at radius 2 is 2.10 bits per heavy atom. The zero-order chi connectivity index (χ0) is 15.0. The maximum atomic E-state index is 5.77. The predicted octanol–water partition coefficient (Wildman–Crippen LogP) is 4.41. The van der Waals surface area contributed by atoms with Gasteiger partial charge in [-0.3, -0.25) is 0 Å². The molecule has 0 spiro atoms. The second kappa shape index (κ2) is 5.50. The first-order chi connectivity index (χ1) is 10.0. The summed E-state index contributed by atoms with van der Waals surface area (Å²) in [4.78, 5) is 0. The Morgan fingerprint density at radius 1 is 1.29 bits per heavy atom. The fraction of sp³-hybridized carbons (Fsp3) is 0.412. The smallest absolute Gasteiger partial charge is 0.169 e. The van der Waals surface area contributed by atoms with Crippen molar-refractivity contribution < 1.29 is 9.15 Å². The van der Waals surface area contributed by atoms with Crippen LogP contribution in [0.25, 0.3) is 0 Å². The third kappa shape index (κ3) is 2.74. The predicted molar refractivity (Wildman–Crippen MR) is 86.9 cm³/mol. The highest BCUT2D eigenvalue weighted by Gasteiger charge is 2.32. The van der Waals surface area contributed by atoms with Crippen molar-refractivity contribution in [3.63, 3.8) is 0 Å². The molecule has 1 aromatic heterocycles. The zero-order valence-corrected chi connectivity index (χ0v) is 14.2. The summed E-state index contributed by atoms with van der Waals surface area (Å²) in [7, 11) is 0. The van der Waals surface area contributed by atoms with Crippen molar-refractivity contribution in [2.45, 2.75) is 32.2 Å². The van der Waals surface area contributed by atoms with E-state index in [2.05, 4.69) is 60.2 Å². The Morgan fingerprint density at radius 3 is 2.76 bits per heavy atom. The van der Waals surface area contributed by atoms with Crippen LogP contribution < -0.4 is 10.1 Å². The van der Waals surface area contributed by atoms with Gasteiger partial charge in [0.15, 0.2) is 4.67 Å². The molecular formula is C17H20BrNO2. The van der Waals surface area contributed by atoms with E-state index in [4.69, 9.17) is 9.15 Å². The van der Waals surface area contributed by atoms with Crippen LogP contribution in [-0.4, -0.2) is 13.2 Å². The van der Waals surface area contributed by atoms with E-state index < -0.39 is 0 Å². The second-order valence-electron chi connectivity index (χ2n) is 6.06. The number of fused-ring (bicyclic) bond motifs is 1. The standard InChI is InChI=1S/C17H20BrNO2/c1-4-19-16(14-7-8-15(18)21-14)11-5-6-13-12(9-11)17(2,3)10-20-13/h5-9,16,19H,4,10H2,1-3H3. The number of hydrogen-bond acceptors (Lipinski definition) is 3. The van der Waals surface area contributed by atoms with Crippen LogP contribution in [0.1, 0.15) is 43.7 Å². The molecule has 4 heteroatoms. The summed E-state index contributed by atoms with van der Waals surface area (Å²) >= 11 is 3.38. The SMILES string of the molecule is CCNC(c1ccc2c(c1)C(C)(C)CO2)c1ccc(Br)o1. The minimum absolute atomic E-state index is 0.0583. The molecule has 21 heavy (non-hydrogen) atoms. The molecular weight excluding hydrogens is 330 g/mol. The number of nitrogens with one attached hydrogen (secondary N) is 1. The van der Waals surface area contributed by atoms with Crippen molar-refractivity contribution in [3.8, 4) is 5.75 Å². The lowest BCUT2D eigenvalue weighted by Gasteiger charge is -2.20. The zero-order valence-electron chi connectivity index (χ0n) is 12.6. The number of furan rings is 1. The monoisotopic (exact) mass is 349 g/mol. The van der Waals surface area contributed by atoms with Crippen molar-refractivity contribution in [1.82, 2.24) is 5.32 Å². The summed E-state index contributed by atoms with van der Waals surface area (Å²) in [6, 6.07) is 10.4. The normalized spacial score (nSPS) is 17.3. The lowest BCUT2D eigenvalue weighted by molar-refractivity contribution is 0.291. The molecule has 0 saturated carbocycles. The molecule has 0 amide bonds. The Balaban J connectivity index is 2.01. The van der Waals surface area contributed by atoms with Crippen molar-refractivity contribution in [1.29, 1.82) is 0 Å². The summed E-state index contributed by atoms with van der Waals surface area (Å²) in [6.45, 7) is 8.15. The van der Waals surface area contributed by atoms with E-state index in [0.29, 0.717) is 0 Å². The number of hydrogen-bond donors (Lipinski definition) is 1. The second-order valence-corrected chi connectivity index (χ2v) is 6.84. The fourth-order valence-electron chi connectivity index (χ4n) is 2.79. The molecule has 0 fully saturated rings. The van der Waals surface area contributed by atoms with Crippen LogP contribution in [-0.2, 0) is 5.41 Å². The molecule has 2 aromatic rings. The largest absolute Gasteiger partial charge is 0.492 e. The van der Waals surface area contributed by atoms with Crippen LogP contribution in [0.15, 0.2) is 39.4 Å². The topological polar surface area (TPSA) is 34.4 Å². The van der Waals surface area contributed by atoms with E-state index in [0.717, 1.165) is 29.3 Å². The molecule has 0 saturated heterocycles. The average Bonchev–Trinajstić information content (AvgIpc) is 3.00. The molecule has 1 N–H and O–H groups in total. The Labute approximate surface area is 133 Å². The number of ether oxygens (including phenoxy) is 1. The third-order valence-corrected chi connectivity index (χ3v) is 4.37. The molecule has 0 radical (unpaired) electrons. The summed E-state index contributed by atoms with van der Waals surface area (Å²) < 4.78 is 12.3. The van der Waals surface area contributed by atoms with Gasteiger partial charge < -0.3 is 14.5 Å². The summed E-state index contributed by atoms with van der Waals surface area (Å²) in [5.41, 5.74) is 2.54. The molecule has 1 aliphatic rings. The number of benzene rings is 1. The minimum atomic E-state index is 0.0583. The lowest BCUT2D eigenvalue weighted by atomic mass is 9.85. The van der Waals surface area contributed by atoms with Crippen molar-refractivity contribution >= 4 is 15.9 Å². The van der Waals surface area contributed by atoms with Crippen molar-refractivity contribution in [3.05, 3.63) is 51.9 Å². The van der Waals surface area contributed by atoms with E-state index >= 15 is 0 Å². The maximum Gasteiger partial charge on any atom is 0.169 e. The van der Waals surface area contributed by atoms with Crippen LogP contribution in [0.3, 0.4) is 0 Å². The van der Waals surface area contributed by atoms with Gasteiger partial charge in [0, 0.05) is 11.0 Å². The molecule has 1 atom stereocenters. The van der Waals surface area contributed by atoms with Gasteiger partial charge in [0.1, 0.15) is 11.5 Å². The number of rotatable bonds is 4. The van der Waals surface area contributed by atoms with Gasteiger partial charge >= 0.3 is 0 Å². The molecule has 1 unspecified atom stereocenters. The van der Waals surface area contributed by atoms with Crippen LogP contribution in [0.4, 0.5) is 0 Å². The Kier molecular flexibility index (Phi) is 3.84. The molecule has 0 aliphatic carbocycles. The quantitative estimate of drug-likeness (QED) is 0.887. The van der Waals surface area contributed by atoms with Gasteiger partial charge in [-0.1, -0.05) is 26.8 Å². The van der Waals surface area contributed by atoms with E-state index in [1.54, 1.807) is 0 Å². The van der Waals surface area contributed by atoms with E-state index in [-0.39, 0.29) is 11.5 Å². The third-order valence-electron chi connectivity index (χ3n) is 3.94. The van der Waals surface area contributed by atoms with Crippen LogP contribution in [0, 0.1) is 0 Å². The summed E-state index contributed by atoms with van der Waals surface area (Å²) in [5, 5.41) is 3.49. The van der Waals surface area contributed by atoms with Gasteiger partial charge in [-0.05, 0) is 52.3 Å². The minimum Gasteiger partial charge on any atom is -0.492 e.